The molecule has 0 aliphatic heterocycles. The Labute approximate surface area is 150 Å². The van der Waals surface area contributed by atoms with Gasteiger partial charge in [0.1, 0.15) is 4.88 Å². The van der Waals surface area contributed by atoms with E-state index in [0.29, 0.717) is 22.6 Å². The zero-order chi connectivity index (χ0) is 18.6. The average molecular weight is 378 g/mol. The molecule has 0 unspecified atom stereocenters. The number of carbonyl (C=O) groups excluding carboxylic acids is 1. The Kier molecular flexibility index (Phi) is 5.17. The van der Waals surface area contributed by atoms with E-state index in [-0.39, 0.29) is 17.6 Å². The van der Waals surface area contributed by atoms with Gasteiger partial charge in [-0.3, -0.25) is 9.78 Å². The van der Waals surface area contributed by atoms with Crippen molar-refractivity contribution in [1.82, 2.24) is 9.97 Å². The normalized spacial score (nSPS) is 11.2. The predicted octanol–water partition coefficient (Wildman–Crippen LogP) is 4.42. The van der Waals surface area contributed by atoms with Crippen molar-refractivity contribution >= 4 is 28.1 Å². The molecule has 1 amide bonds. The third-order valence-electron chi connectivity index (χ3n) is 3.36. The summed E-state index contributed by atoms with van der Waals surface area (Å²) in [7, 11) is 0. The Morgan fingerprint density at radius 3 is 2.62 bits per heavy atom. The number of amides is 1. The van der Waals surface area contributed by atoms with E-state index in [1.807, 2.05) is 0 Å². The number of alkyl halides is 3. The Hall–Kier alpha value is -2.94. The summed E-state index contributed by atoms with van der Waals surface area (Å²) in [5.74, 6) is -0.271. The largest absolute Gasteiger partial charge is 0.427 e. The van der Waals surface area contributed by atoms with Crippen molar-refractivity contribution in [3.8, 4) is 0 Å². The number of carbonyl (C=O) groups is 1. The van der Waals surface area contributed by atoms with Gasteiger partial charge in [0.15, 0.2) is 5.13 Å². The smallest absolute Gasteiger partial charge is 0.357 e. The summed E-state index contributed by atoms with van der Waals surface area (Å²) in [6, 6.07) is 10.2. The SMILES string of the molecule is O=C(Nc1cccc(CNc2ncc(C(F)(F)F)s2)c1)c1ccncc1. The second-order valence-corrected chi connectivity index (χ2v) is 6.30. The van der Waals surface area contributed by atoms with E-state index in [2.05, 4.69) is 20.6 Å². The highest BCUT2D eigenvalue weighted by Gasteiger charge is 2.33. The highest BCUT2D eigenvalue weighted by Crippen LogP contribution is 2.35. The number of nitrogens with one attached hydrogen (secondary N) is 2. The predicted molar refractivity (Wildman–Crippen MR) is 93.1 cm³/mol. The molecule has 0 saturated heterocycles. The number of rotatable bonds is 5. The minimum Gasteiger partial charge on any atom is -0.357 e. The summed E-state index contributed by atoms with van der Waals surface area (Å²) < 4.78 is 37.7. The second kappa shape index (κ2) is 7.52. The lowest BCUT2D eigenvalue weighted by Gasteiger charge is -2.08. The van der Waals surface area contributed by atoms with Crippen molar-refractivity contribution in [2.24, 2.45) is 0 Å². The van der Waals surface area contributed by atoms with Crippen LogP contribution in [0, 0.1) is 0 Å². The van der Waals surface area contributed by atoms with Gasteiger partial charge in [0.2, 0.25) is 0 Å². The van der Waals surface area contributed by atoms with Crippen LogP contribution in [0.2, 0.25) is 0 Å². The molecule has 2 heterocycles. The molecule has 0 bridgehead atoms. The molecule has 0 saturated carbocycles. The third-order valence-corrected chi connectivity index (χ3v) is 4.36. The number of benzene rings is 1. The van der Waals surface area contributed by atoms with Crippen LogP contribution in [-0.4, -0.2) is 15.9 Å². The third kappa shape index (κ3) is 4.57. The Morgan fingerprint density at radius 2 is 1.92 bits per heavy atom. The van der Waals surface area contributed by atoms with Gasteiger partial charge in [-0.15, -0.1) is 0 Å². The van der Waals surface area contributed by atoms with Crippen LogP contribution in [0.5, 0.6) is 0 Å². The first-order valence-electron chi connectivity index (χ1n) is 7.49. The van der Waals surface area contributed by atoms with E-state index < -0.39 is 11.1 Å². The maximum absolute atomic E-state index is 12.6. The van der Waals surface area contributed by atoms with Crippen LogP contribution in [0.15, 0.2) is 55.0 Å². The van der Waals surface area contributed by atoms with Crippen LogP contribution in [-0.2, 0) is 12.7 Å². The van der Waals surface area contributed by atoms with Gasteiger partial charge >= 0.3 is 6.18 Å². The molecule has 1 aromatic carbocycles. The van der Waals surface area contributed by atoms with Gasteiger partial charge in [0, 0.05) is 30.2 Å². The summed E-state index contributed by atoms with van der Waals surface area (Å²) in [5, 5.41) is 5.80. The number of aromatic nitrogens is 2. The van der Waals surface area contributed by atoms with Gasteiger partial charge in [0.25, 0.3) is 5.91 Å². The Balaban J connectivity index is 1.62. The van der Waals surface area contributed by atoms with E-state index in [9.17, 15) is 18.0 Å². The fourth-order valence-corrected chi connectivity index (χ4v) is 2.81. The maximum Gasteiger partial charge on any atom is 0.427 e. The molecule has 0 aliphatic carbocycles. The highest BCUT2D eigenvalue weighted by molar-refractivity contribution is 7.15. The molecular weight excluding hydrogens is 365 g/mol. The molecule has 0 atom stereocenters. The van der Waals surface area contributed by atoms with Crippen LogP contribution in [0.3, 0.4) is 0 Å². The molecule has 5 nitrogen and oxygen atoms in total. The van der Waals surface area contributed by atoms with Gasteiger partial charge in [-0.1, -0.05) is 23.5 Å². The van der Waals surface area contributed by atoms with Crippen LogP contribution in [0.4, 0.5) is 24.0 Å². The van der Waals surface area contributed by atoms with Crippen LogP contribution < -0.4 is 10.6 Å². The number of pyridine rings is 1. The van der Waals surface area contributed by atoms with E-state index in [1.165, 1.54) is 12.4 Å². The van der Waals surface area contributed by atoms with Gasteiger partial charge in [-0.25, -0.2) is 4.98 Å². The zero-order valence-electron chi connectivity index (χ0n) is 13.2. The van der Waals surface area contributed by atoms with Gasteiger partial charge in [-0.2, -0.15) is 13.2 Å². The quantitative estimate of drug-likeness (QED) is 0.690. The number of anilines is 2. The lowest BCUT2D eigenvalue weighted by atomic mass is 10.2. The first-order chi connectivity index (χ1) is 12.4. The number of hydrogen-bond donors (Lipinski definition) is 2. The molecular formula is C17H13F3N4OS. The molecule has 26 heavy (non-hydrogen) atoms. The zero-order valence-corrected chi connectivity index (χ0v) is 14.1. The Morgan fingerprint density at radius 1 is 1.15 bits per heavy atom. The van der Waals surface area contributed by atoms with Gasteiger partial charge < -0.3 is 10.6 Å². The number of halogens is 3. The fourth-order valence-electron chi connectivity index (χ4n) is 2.13. The van der Waals surface area contributed by atoms with E-state index in [4.69, 9.17) is 0 Å². The first-order valence-corrected chi connectivity index (χ1v) is 8.31. The first kappa shape index (κ1) is 17.9. The minimum absolute atomic E-state index is 0.184. The highest BCUT2D eigenvalue weighted by atomic mass is 32.1. The average Bonchev–Trinajstić information content (AvgIpc) is 3.10. The second-order valence-electron chi connectivity index (χ2n) is 5.27. The Bertz CT molecular complexity index is 896. The molecule has 2 aromatic heterocycles. The number of nitrogens with zero attached hydrogens (tertiary/aromatic N) is 2. The van der Waals surface area contributed by atoms with E-state index >= 15 is 0 Å². The number of hydrogen-bond acceptors (Lipinski definition) is 5. The molecule has 0 aliphatic rings. The van der Waals surface area contributed by atoms with Gasteiger partial charge in [0.05, 0.1) is 6.20 Å². The van der Waals surface area contributed by atoms with Crippen LogP contribution >= 0.6 is 11.3 Å². The molecule has 134 valence electrons. The summed E-state index contributed by atoms with van der Waals surface area (Å²) in [4.78, 5) is 19.0. The monoisotopic (exact) mass is 378 g/mol. The summed E-state index contributed by atoms with van der Waals surface area (Å²) >= 11 is 0.548. The van der Waals surface area contributed by atoms with Crippen molar-refractivity contribution in [2.45, 2.75) is 12.7 Å². The van der Waals surface area contributed by atoms with E-state index in [1.54, 1.807) is 36.4 Å². The maximum atomic E-state index is 12.6. The fraction of sp³-hybridized carbons (Fsp3) is 0.118. The molecule has 3 aromatic rings. The van der Waals surface area contributed by atoms with Crippen molar-refractivity contribution in [2.75, 3.05) is 10.6 Å². The lowest BCUT2D eigenvalue weighted by Crippen LogP contribution is -2.12. The van der Waals surface area contributed by atoms with Crippen molar-refractivity contribution in [1.29, 1.82) is 0 Å². The van der Waals surface area contributed by atoms with Crippen LogP contribution in [0.1, 0.15) is 20.8 Å². The molecule has 0 spiro atoms. The van der Waals surface area contributed by atoms with Gasteiger partial charge in [-0.05, 0) is 29.8 Å². The van der Waals surface area contributed by atoms with Crippen LogP contribution in [0.25, 0.3) is 0 Å². The molecule has 9 heteroatoms. The molecule has 2 N–H and O–H groups in total. The molecule has 0 fully saturated rings. The van der Waals surface area contributed by atoms with E-state index in [0.717, 1.165) is 11.8 Å². The lowest BCUT2D eigenvalue weighted by molar-refractivity contribution is -0.134. The van der Waals surface area contributed by atoms with Crippen molar-refractivity contribution in [3.05, 3.63) is 71.0 Å². The number of thiazole rings is 1. The summed E-state index contributed by atoms with van der Waals surface area (Å²) in [5.41, 5.74) is 1.86. The van der Waals surface area contributed by atoms with Crippen molar-refractivity contribution in [3.63, 3.8) is 0 Å². The topological polar surface area (TPSA) is 66.9 Å². The summed E-state index contributed by atoms with van der Waals surface area (Å²) in [6.07, 6.45) is -0.538. The minimum atomic E-state index is -4.39. The summed E-state index contributed by atoms with van der Waals surface area (Å²) in [6.45, 7) is 0.282. The van der Waals surface area contributed by atoms with Crippen molar-refractivity contribution < 1.29 is 18.0 Å². The standard InChI is InChI=1S/C17H13F3N4OS/c18-17(19,20)14-10-23-16(26-14)22-9-11-2-1-3-13(8-11)24-15(25)12-4-6-21-7-5-12/h1-8,10H,9H2,(H,22,23)(H,24,25). The molecule has 0 radical (unpaired) electrons. The molecule has 3 rings (SSSR count).